The lowest BCUT2D eigenvalue weighted by Crippen LogP contribution is -2.06. The second-order valence-corrected chi connectivity index (χ2v) is 4.42. The molecule has 2 aromatic carbocycles. The molecule has 0 saturated heterocycles. The van der Waals surface area contributed by atoms with Crippen LogP contribution >= 0.6 is 0 Å². The molecule has 0 aliphatic heterocycles. The Labute approximate surface area is 120 Å². The van der Waals surface area contributed by atoms with E-state index in [1.165, 1.54) is 19.1 Å². The maximum atomic E-state index is 11.1. The van der Waals surface area contributed by atoms with E-state index in [1.54, 1.807) is 0 Å². The van der Waals surface area contributed by atoms with Crippen molar-refractivity contribution in [2.45, 2.75) is 13.5 Å². The zero-order chi connectivity index (χ0) is 15.4. The van der Waals surface area contributed by atoms with Crippen LogP contribution in [0.2, 0.25) is 0 Å². The molecular weight excluding hydrogens is 274 g/mol. The average molecular weight is 287 g/mol. The number of nitro groups is 1. The van der Waals surface area contributed by atoms with Gasteiger partial charge in [0.05, 0.1) is 10.5 Å². The van der Waals surface area contributed by atoms with Crippen LogP contribution in [0.3, 0.4) is 0 Å². The van der Waals surface area contributed by atoms with E-state index in [4.69, 9.17) is 9.84 Å². The average Bonchev–Trinajstić information content (AvgIpc) is 2.46. The normalized spacial score (nSPS) is 10.1. The van der Waals surface area contributed by atoms with Crippen LogP contribution in [0.25, 0.3) is 0 Å². The summed E-state index contributed by atoms with van der Waals surface area (Å²) in [5.41, 5.74) is 0.343. The lowest BCUT2D eigenvalue weighted by molar-refractivity contribution is -0.385. The van der Waals surface area contributed by atoms with E-state index in [1.807, 2.05) is 30.3 Å². The minimum Gasteiger partial charge on any atom is -0.488 e. The van der Waals surface area contributed by atoms with Crippen molar-refractivity contribution in [3.8, 4) is 5.75 Å². The molecule has 0 radical (unpaired) electrons. The number of hydrogen-bond donors (Lipinski definition) is 1. The summed E-state index contributed by atoms with van der Waals surface area (Å²) in [6, 6.07) is 12.0. The molecular formula is C15H13NO5. The maximum Gasteiger partial charge on any atom is 0.342 e. The van der Waals surface area contributed by atoms with E-state index >= 15 is 0 Å². The first-order chi connectivity index (χ1) is 10.0. The number of carboxylic acids is 1. The smallest absolute Gasteiger partial charge is 0.342 e. The van der Waals surface area contributed by atoms with E-state index in [-0.39, 0.29) is 17.7 Å². The Morgan fingerprint density at radius 2 is 1.90 bits per heavy atom. The number of carbonyl (C=O) groups is 1. The van der Waals surface area contributed by atoms with Crippen LogP contribution < -0.4 is 4.74 Å². The van der Waals surface area contributed by atoms with Gasteiger partial charge < -0.3 is 9.84 Å². The van der Waals surface area contributed by atoms with Gasteiger partial charge in [-0.3, -0.25) is 10.1 Å². The van der Waals surface area contributed by atoms with Crippen molar-refractivity contribution in [2.75, 3.05) is 0 Å². The van der Waals surface area contributed by atoms with Crippen LogP contribution in [-0.2, 0) is 6.61 Å². The Morgan fingerprint density at radius 1 is 1.24 bits per heavy atom. The summed E-state index contributed by atoms with van der Waals surface area (Å²) < 4.78 is 5.55. The van der Waals surface area contributed by atoms with Crippen molar-refractivity contribution in [2.24, 2.45) is 0 Å². The Balaban J connectivity index is 2.31. The van der Waals surface area contributed by atoms with Crippen LogP contribution in [0.5, 0.6) is 5.75 Å². The number of benzene rings is 2. The maximum absolute atomic E-state index is 11.1. The van der Waals surface area contributed by atoms with Gasteiger partial charge in [-0.05, 0) is 24.6 Å². The van der Waals surface area contributed by atoms with Gasteiger partial charge in [0.2, 0.25) is 0 Å². The first-order valence-corrected chi connectivity index (χ1v) is 6.18. The third kappa shape index (κ3) is 3.17. The van der Waals surface area contributed by atoms with Gasteiger partial charge in [-0.15, -0.1) is 0 Å². The SMILES string of the molecule is Cc1c(OCc2ccccc2)ccc(C(=O)O)c1[N+](=O)[O-]. The number of carboxylic acid groups (broad SMARTS) is 1. The van der Waals surface area contributed by atoms with Crippen LogP contribution in [-0.4, -0.2) is 16.0 Å². The number of nitrogens with zero attached hydrogens (tertiary/aromatic N) is 1. The molecule has 0 amide bonds. The third-order valence-electron chi connectivity index (χ3n) is 3.03. The van der Waals surface area contributed by atoms with Crippen LogP contribution in [0, 0.1) is 17.0 Å². The van der Waals surface area contributed by atoms with Gasteiger partial charge in [0.1, 0.15) is 17.9 Å². The monoisotopic (exact) mass is 287 g/mol. The summed E-state index contributed by atoms with van der Waals surface area (Å²) in [5.74, 6) is -1.03. The molecule has 0 bridgehead atoms. The summed E-state index contributed by atoms with van der Waals surface area (Å²) in [4.78, 5) is 21.4. The molecule has 1 N–H and O–H groups in total. The standard InChI is InChI=1S/C15H13NO5/c1-10-13(21-9-11-5-3-2-4-6-11)8-7-12(15(17)18)14(10)16(19)20/h2-8H,9H2,1H3,(H,17,18). The Kier molecular flexibility index (Phi) is 4.18. The van der Waals surface area contributed by atoms with Crippen molar-refractivity contribution >= 4 is 11.7 Å². The largest absolute Gasteiger partial charge is 0.488 e. The van der Waals surface area contributed by atoms with Gasteiger partial charge in [0.25, 0.3) is 5.69 Å². The summed E-state index contributed by atoms with van der Waals surface area (Å²) in [7, 11) is 0. The van der Waals surface area contributed by atoms with Gasteiger partial charge in [-0.1, -0.05) is 30.3 Å². The third-order valence-corrected chi connectivity index (χ3v) is 3.03. The molecule has 6 nitrogen and oxygen atoms in total. The number of rotatable bonds is 5. The predicted octanol–water partition coefficient (Wildman–Crippen LogP) is 3.18. The summed E-state index contributed by atoms with van der Waals surface area (Å²) in [6.07, 6.45) is 0. The van der Waals surface area contributed by atoms with Crippen LogP contribution in [0.15, 0.2) is 42.5 Å². The topological polar surface area (TPSA) is 89.7 Å². The molecule has 2 aromatic rings. The van der Waals surface area contributed by atoms with Gasteiger partial charge in [0, 0.05) is 0 Å². The van der Waals surface area contributed by atoms with Gasteiger partial charge >= 0.3 is 5.97 Å². The molecule has 0 aliphatic rings. The summed E-state index contributed by atoms with van der Waals surface area (Å²) >= 11 is 0. The molecule has 0 aliphatic carbocycles. The zero-order valence-corrected chi connectivity index (χ0v) is 11.3. The lowest BCUT2D eigenvalue weighted by atomic mass is 10.1. The number of ether oxygens (including phenoxy) is 1. The van der Waals surface area contributed by atoms with E-state index in [0.717, 1.165) is 5.56 Å². The molecule has 0 spiro atoms. The molecule has 0 heterocycles. The highest BCUT2D eigenvalue weighted by Crippen LogP contribution is 2.31. The van der Waals surface area contributed by atoms with Gasteiger partial charge in [0.15, 0.2) is 0 Å². The molecule has 0 atom stereocenters. The Morgan fingerprint density at radius 3 is 2.48 bits per heavy atom. The number of aromatic carboxylic acids is 1. The highest BCUT2D eigenvalue weighted by Gasteiger charge is 2.25. The van der Waals surface area contributed by atoms with Crippen LogP contribution in [0.4, 0.5) is 5.69 Å². The van der Waals surface area contributed by atoms with Gasteiger partial charge in [-0.25, -0.2) is 4.79 Å². The molecule has 0 fully saturated rings. The van der Waals surface area contributed by atoms with Crippen molar-refractivity contribution in [1.29, 1.82) is 0 Å². The van der Waals surface area contributed by atoms with E-state index in [0.29, 0.717) is 5.75 Å². The van der Waals surface area contributed by atoms with Crippen LogP contribution in [0.1, 0.15) is 21.5 Å². The predicted molar refractivity (Wildman–Crippen MR) is 75.6 cm³/mol. The minimum absolute atomic E-state index is 0.204. The second-order valence-electron chi connectivity index (χ2n) is 4.42. The molecule has 108 valence electrons. The molecule has 21 heavy (non-hydrogen) atoms. The minimum atomic E-state index is -1.33. The van der Waals surface area contributed by atoms with Crippen molar-refractivity contribution in [1.82, 2.24) is 0 Å². The fraction of sp³-hybridized carbons (Fsp3) is 0.133. The quantitative estimate of drug-likeness (QED) is 0.673. The first kappa shape index (κ1) is 14.5. The molecule has 0 unspecified atom stereocenters. The zero-order valence-electron chi connectivity index (χ0n) is 11.3. The lowest BCUT2D eigenvalue weighted by Gasteiger charge is -2.10. The highest BCUT2D eigenvalue weighted by molar-refractivity contribution is 5.93. The fourth-order valence-corrected chi connectivity index (χ4v) is 1.98. The molecule has 6 heteroatoms. The number of nitro benzene ring substituents is 1. The highest BCUT2D eigenvalue weighted by atomic mass is 16.6. The Bertz CT molecular complexity index is 682. The van der Waals surface area contributed by atoms with Crippen molar-refractivity contribution in [3.63, 3.8) is 0 Å². The number of hydrogen-bond acceptors (Lipinski definition) is 4. The van der Waals surface area contributed by atoms with E-state index in [9.17, 15) is 14.9 Å². The fourth-order valence-electron chi connectivity index (χ4n) is 1.98. The Hall–Kier alpha value is -2.89. The summed E-state index contributed by atoms with van der Waals surface area (Å²) in [5, 5.41) is 20.1. The first-order valence-electron chi connectivity index (χ1n) is 6.18. The molecule has 0 aromatic heterocycles. The second kappa shape index (κ2) is 6.04. The molecule has 2 rings (SSSR count). The van der Waals surface area contributed by atoms with Crippen molar-refractivity contribution < 1.29 is 19.6 Å². The van der Waals surface area contributed by atoms with E-state index in [2.05, 4.69) is 0 Å². The van der Waals surface area contributed by atoms with Gasteiger partial charge in [-0.2, -0.15) is 0 Å². The summed E-state index contributed by atoms with van der Waals surface area (Å²) in [6.45, 7) is 1.73. The molecule has 0 saturated carbocycles. The van der Waals surface area contributed by atoms with Crippen molar-refractivity contribution in [3.05, 3.63) is 69.3 Å². The van der Waals surface area contributed by atoms with E-state index < -0.39 is 16.6 Å².